The van der Waals surface area contributed by atoms with Crippen molar-refractivity contribution in [3.63, 3.8) is 0 Å². The summed E-state index contributed by atoms with van der Waals surface area (Å²) in [5, 5.41) is 5.46. The minimum Gasteiger partial charge on any atom is -0.316 e. The maximum Gasteiger partial charge on any atom is 0.169 e. The van der Waals surface area contributed by atoms with Crippen LogP contribution >= 0.6 is 0 Å². The molecular weight excluding hydrogens is 260 g/mol. The number of rotatable bonds is 3. The lowest BCUT2D eigenvalue weighted by molar-refractivity contribution is 0.0710. The van der Waals surface area contributed by atoms with Crippen molar-refractivity contribution in [3.8, 4) is 0 Å². The molecule has 1 atom stereocenters. The largest absolute Gasteiger partial charge is 0.316 e. The fraction of sp³-hybridized carbons (Fsp3) is 0.444. The molecule has 1 fully saturated rings. The van der Waals surface area contributed by atoms with Crippen LogP contribution in [0.15, 0.2) is 36.7 Å². The van der Waals surface area contributed by atoms with Gasteiger partial charge >= 0.3 is 0 Å². The molecule has 3 nitrogen and oxygen atoms in total. The van der Waals surface area contributed by atoms with Crippen molar-refractivity contribution in [2.24, 2.45) is 11.3 Å². The number of piperidine rings is 1. The summed E-state index contributed by atoms with van der Waals surface area (Å²) < 4.78 is 0. The standard InChI is InChI=1S/C18H22N2O/c1-18(2,14-6-4-9-19-12-14)17(21)16-7-3-5-13-11-20-10-8-15(13)16/h3,5,7-8,10-11,14,19H,4,6,9,12H2,1-2H3. The summed E-state index contributed by atoms with van der Waals surface area (Å²) in [7, 11) is 0. The van der Waals surface area contributed by atoms with Crippen LogP contribution in [0.5, 0.6) is 0 Å². The summed E-state index contributed by atoms with van der Waals surface area (Å²) in [6.45, 7) is 6.19. The topological polar surface area (TPSA) is 42.0 Å². The fourth-order valence-electron chi connectivity index (χ4n) is 3.32. The lowest BCUT2D eigenvalue weighted by Crippen LogP contribution is -2.42. The van der Waals surface area contributed by atoms with Gasteiger partial charge in [0.05, 0.1) is 0 Å². The number of benzene rings is 1. The third-order valence-electron chi connectivity index (χ3n) is 4.83. The molecule has 1 aliphatic heterocycles. The molecule has 1 saturated heterocycles. The second-order valence-corrected chi connectivity index (χ2v) is 6.50. The normalized spacial score (nSPS) is 19.6. The van der Waals surface area contributed by atoms with E-state index in [9.17, 15) is 4.79 Å². The molecule has 0 bridgehead atoms. The van der Waals surface area contributed by atoms with E-state index in [1.165, 1.54) is 0 Å². The number of nitrogens with one attached hydrogen (secondary N) is 1. The van der Waals surface area contributed by atoms with Gasteiger partial charge in [-0.15, -0.1) is 0 Å². The van der Waals surface area contributed by atoms with Crippen LogP contribution in [0.4, 0.5) is 0 Å². The number of fused-ring (bicyclic) bond motifs is 1. The minimum absolute atomic E-state index is 0.244. The van der Waals surface area contributed by atoms with Crippen molar-refractivity contribution in [1.29, 1.82) is 0 Å². The molecule has 0 radical (unpaired) electrons. The SMILES string of the molecule is CC(C)(C(=O)c1cccc2cnccc12)C1CCCNC1. The molecule has 1 aliphatic rings. The maximum atomic E-state index is 13.1. The first kappa shape index (κ1) is 14.2. The van der Waals surface area contributed by atoms with Gasteiger partial charge < -0.3 is 5.32 Å². The first-order chi connectivity index (χ1) is 10.1. The van der Waals surface area contributed by atoms with Crippen LogP contribution in [-0.2, 0) is 0 Å². The first-order valence-electron chi connectivity index (χ1n) is 7.69. The van der Waals surface area contributed by atoms with Gasteiger partial charge in [-0.05, 0) is 43.3 Å². The highest BCUT2D eigenvalue weighted by molar-refractivity contribution is 6.10. The second-order valence-electron chi connectivity index (χ2n) is 6.50. The molecule has 2 aromatic rings. The summed E-state index contributed by atoms with van der Waals surface area (Å²) in [5.41, 5.74) is 0.482. The van der Waals surface area contributed by atoms with E-state index in [2.05, 4.69) is 24.1 Å². The third-order valence-corrected chi connectivity index (χ3v) is 4.83. The maximum absolute atomic E-state index is 13.1. The van der Waals surface area contributed by atoms with Gasteiger partial charge in [0.25, 0.3) is 0 Å². The zero-order chi connectivity index (χ0) is 14.9. The molecule has 0 amide bonds. The van der Waals surface area contributed by atoms with Crippen LogP contribution in [-0.4, -0.2) is 23.9 Å². The number of hydrogen-bond donors (Lipinski definition) is 1. The Balaban J connectivity index is 1.99. The van der Waals surface area contributed by atoms with Gasteiger partial charge in [0, 0.05) is 28.8 Å². The Kier molecular flexibility index (Phi) is 3.77. The molecule has 3 rings (SSSR count). The van der Waals surface area contributed by atoms with E-state index in [-0.39, 0.29) is 11.2 Å². The lowest BCUT2D eigenvalue weighted by atomic mass is 9.70. The van der Waals surface area contributed by atoms with E-state index >= 15 is 0 Å². The zero-order valence-corrected chi connectivity index (χ0v) is 12.7. The van der Waals surface area contributed by atoms with Gasteiger partial charge in [-0.1, -0.05) is 32.0 Å². The van der Waals surface area contributed by atoms with Crippen LogP contribution in [0.25, 0.3) is 10.8 Å². The average Bonchev–Trinajstić information content (AvgIpc) is 2.54. The number of nitrogens with zero attached hydrogens (tertiary/aromatic N) is 1. The van der Waals surface area contributed by atoms with E-state index in [4.69, 9.17) is 0 Å². The Bertz CT molecular complexity index is 652. The van der Waals surface area contributed by atoms with Crippen molar-refractivity contribution in [3.05, 3.63) is 42.2 Å². The second kappa shape index (κ2) is 5.57. The fourth-order valence-corrected chi connectivity index (χ4v) is 3.32. The van der Waals surface area contributed by atoms with E-state index in [1.54, 1.807) is 6.20 Å². The molecule has 0 saturated carbocycles. The zero-order valence-electron chi connectivity index (χ0n) is 12.7. The summed E-state index contributed by atoms with van der Waals surface area (Å²) in [4.78, 5) is 17.3. The molecular formula is C18H22N2O. The molecule has 3 heteroatoms. The molecule has 110 valence electrons. The first-order valence-corrected chi connectivity index (χ1v) is 7.69. The number of carbonyl (C=O) groups excluding carboxylic acids is 1. The Hall–Kier alpha value is -1.74. The Morgan fingerprint density at radius 3 is 2.95 bits per heavy atom. The number of Topliss-reactive ketones (excluding diaryl/α,β-unsaturated/α-hetero) is 1. The minimum atomic E-state index is -0.342. The Labute approximate surface area is 125 Å². The van der Waals surface area contributed by atoms with Gasteiger partial charge in [-0.3, -0.25) is 9.78 Å². The summed E-state index contributed by atoms with van der Waals surface area (Å²) >= 11 is 0. The number of hydrogen-bond acceptors (Lipinski definition) is 3. The smallest absolute Gasteiger partial charge is 0.169 e. The van der Waals surface area contributed by atoms with Crippen LogP contribution in [0.2, 0.25) is 0 Å². The van der Waals surface area contributed by atoms with Crippen molar-refractivity contribution in [1.82, 2.24) is 10.3 Å². The molecule has 1 aromatic carbocycles. The third kappa shape index (κ3) is 2.58. The van der Waals surface area contributed by atoms with Crippen LogP contribution in [0.3, 0.4) is 0 Å². The number of pyridine rings is 1. The van der Waals surface area contributed by atoms with Crippen molar-refractivity contribution < 1.29 is 4.79 Å². The molecule has 0 spiro atoms. The van der Waals surface area contributed by atoms with Gasteiger partial charge in [-0.25, -0.2) is 0 Å². The van der Waals surface area contributed by atoms with Crippen LogP contribution < -0.4 is 5.32 Å². The molecule has 1 aromatic heterocycles. The molecule has 21 heavy (non-hydrogen) atoms. The van der Waals surface area contributed by atoms with E-state index in [1.807, 2.05) is 30.5 Å². The molecule has 2 heterocycles. The predicted octanol–water partition coefficient (Wildman–Crippen LogP) is 3.44. The number of aromatic nitrogens is 1. The van der Waals surface area contributed by atoms with Crippen LogP contribution in [0.1, 0.15) is 37.0 Å². The molecule has 1 N–H and O–H groups in total. The van der Waals surface area contributed by atoms with Crippen molar-refractivity contribution in [2.45, 2.75) is 26.7 Å². The highest BCUT2D eigenvalue weighted by Gasteiger charge is 2.38. The number of carbonyl (C=O) groups is 1. The Morgan fingerprint density at radius 1 is 1.33 bits per heavy atom. The quantitative estimate of drug-likeness (QED) is 0.877. The Morgan fingerprint density at radius 2 is 2.19 bits per heavy atom. The van der Waals surface area contributed by atoms with Crippen molar-refractivity contribution >= 4 is 16.6 Å². The van der Waals surface area contributed by atoms with Gasteiger partial charge in [-0.2, -0.15) is 0 Å². The van der Waals surface area contributed by atoms with Gasteiger partial charge in [0.15, 0.2) is 5.78 Å². The summed E-state index contributed by atoms with van der Waals surface area (Å²) in [6, 6.07) is 7.85. The number of ketones is 1. The lowest BCUT2D eigenvalue weighted by Gasteiger charge is -2.36. The van der Waals surface area contributed by atoms with Gasteiger partial charge in [0.2, 0.25) is 0 Å². The highest BCUT2D eigenvalue weighted by Crippen LogP contribution is 2.36. The van der Waals surface area contributed by atoms with E-state index in [0.717, 1.165) is 42.3 Å². The monoisotopic (exact) mass is 282 g/mol. The summed E-state index contributed by atoms with van der Waals surface area (Å²) in [5.74, 6) is 0.642. The van der Waals surface area contributed by atoms with Crippen LogP contribution in [0, 0.1) is 11.3 Å². The van der Waals surface area contributed by atoms with Crippen molar-refractivity contribution in [2.75, 3.05) is 13.1 Å². The summed E-state index contributed by atoms with van der Waals surface area (Å²) in [6.07, 6.45) is 5.86. The highest BCUT2D eigenvalue weighted by atomic mass is 16.1. The average molecular weight is 282 g/mol. The molecule has 1 unspecified atom stereocenters. The van der Waals surface area contributed by atoms with E-state index in [0.29, 0.717) is 5.92 Å². The van der Waals surface area contributed by atoms with E-state index < -0.39 is 0 Å². The van der Waals surface area contributed by atoms with Gasteiger partial charge in [0.1, 0.15) is 0 Å². The molecule has 0 aliphatic carbocycles. The predicted molar refractivity (Wildman–Crippen MR) is 85.4 cm³/mol.